The second-order valence-corrected chi connectivity index (χ2v) is 15.7. The first-order chi connectivity index (χ1) is 17.4. The minimum Gasteiger partial charge on any atom is -0.504 e. The Balaban J connectivity index is 1.75. The fourth-order valence-electron chi connectivity index (χ4n) is 9.22. The molecule has 3 N–H and O–H groups in total. The Bertz CT molecular complexity index is 1360. The molecular formula is C30H42O7S. The van der Waals surface area contributed by atoms with Gasteiger partial charge in [-0.3, -0.25) is 8.98 Å². The van der Waals surface area contributed by atoms with E-state index in [0.29, 0.717) is 24.0 Å². The zero-order chi connectivity index (χ0) is 28.3. The van der Waals surface area contributed by atoms with Crippen LogP contribution in [0.25, 0.3) is 0 Å². The highest BCUT2D eigenvalue weighted by Gasteiger charge is 2.67. The van der Waals surface area contributed by atoms with Crippen molar-refractivity contribution >= 4 is 16.1 Å². The zero-order valence-corrected chi connectivity index (χ0v) is 24.5. The second-order valence-electron chi connectivity index (χ2n) is 13.8. The van der Waals surface area contributed by atoms with Gasteiger partial charge in [-0.1, -0.05) is 39.3 Å². The third-order valence-corrected chi connectivity index (χ3v) is 13.6. The molecule has 7 atom stereocenters. The van der Waals surface area contributed by atoms with Gasteiger partial charge in [0.05, 0.1) is 12.5 Å². The molecule has 3 saturated carbocycles. The number of hydrogen-bond acceptors (Lipinski definition) is 6. The van der Waals surface area contributed by atoms with E-state index in [1.54, 1.807) is 13.0 Å². The van der Waals surface area contributed by atoms with Crippen molar-refractivity contribution < 1.29 is 32.7 Å². The fourth-order valence-corrected chi connectivity index (χ4v) is 10.3. The zero-order valence-electron chi connectivity index (χ0n) is 23.6. The lowest BCUT2D eigenvalue weighted by atomic mass is 9.34. The molecule has 3 fully saturated rings. The Morgan fingerprint density at radius 3 is 2.24 bits per heavy atom. The molecule has 210 valence electrons. The first-order valence-electron chi connectivity index (χ1n) is 13.7. The lowest BCUT2D eigenvalue weighted by Gasteiger charge is -2.70. The van der Waals surface area contributed by atoms with Crippen LogP contribution < -0.4 is 0 Å². The van der Waals surface area contributed by atoms with Crippen LogP contribution in [0.5, 0.6) is 11.5 Å². The summed E-state index contributed by atoms with van der Waals surface area (Å²) in [6.45, 7) is 12.5. The number of phenols is 2. The molecule has 0 spiro atoms. The van der Waals surface area contributed by atoms with E-state index in [1.807, 2.05) is 13.0 Å². The van der Waals surface area contributed by atoms with Gasteiger partial charge in [-0.2, -0.15) is 8.42 Å². The lowest BCUT2D eigenvalue weighted by Crippen LogP contribution is -2.62. The van der Waals surface area contributed by atoms with Crippen molar-refractivity contribution in [3.63, 3.8) is 0 Å². The van der Waals surface area contributed by atoms with Crippen molar-refractivity contribution in [3.8, 4) is 11.5 Å². The number of allylic oxidation sites excluding steroid dienone is 1. The highest BCUT2D eigenvalue weighted by atomic mass is 32.2. The molecule has 4 aliphatic carbocycles. The van der Waals surface area contributed by atoms with Crippen LogP contribution in [0, 0.1) is 34.5 Å². The molecule has 0 aromatic heterocycles. The molecule has 38 heavy (non-hydrogen) atoms. The number of carbonyl (C=O) groups is 1. The summed E-state index contributed by atoms with van der Waals surface area (Å²) >= 11 is 0. The van der Waals surface area contributed by atoms with Crippen LogP contribution in [0.1, 0.15) is 102 Å². The molecule has 0 amide bonds. The van der Waals surface area contributed by atoms with Crippen LogP contribution >= 0.6 is 0 Å². The van der Waals surface area contributed by atoms with E-state index in [9.17, 15) is 28.5 Å². The van der Waals surface area contributed by atoms with Crippen molar-refractivity contribution in [1.29, 1.82) is 0 Å². The molecule has 7 nitrogen and oxygen atoms in total. The molecule has 1 aromatic carbocycles. The van der Waals surface area contributed by atoms with Gasteiger partial charge >= 0.3 is 5.97 Å². The summed E-state index contributed by atoms with van der Waals surface area (Å²) in [5.41, 5.74) is 0.674. The third-order valence-electron chi connectivity index (χ3n) is 12.1. The molecule has 0 saturated heterocycles. The van der Waals surface area contributed by atoms with E-state index in [0.717, 1.165) is 50.4 Å². The highest BCUT2D eigenvalue weighted by Crippen LogP contribution is 2.75. The Kier molecular flexibility index (Phi) is 5.79. The summed E-state index contributed by atoms with van der Waals surface area (Å²) in [5.74, 6) is -1.13. The first kappa shape index (κ1) is 27.5. The smallest absolute Gasteiger partial charge is 0.309 e. The molecule has 4 aliphatic rings. The maximum absolute atomic E-state index is 13.4. The largest absolute Gasteiger partial charge is 0.504 e. The van der Waals surface area contributed by atoms with E-state index in [2.05, 4.69) is 27.7 Å². The summed E-state index contributed by atoms with van der Waals surface area (Å²) in [7, 11) is -2.90. The monoisotopic (exact) mass is 546 g/mol. The summed E-state index contributed by atoms with van der Waals surface area (Å²) in [4.78, 5) is 12.4. The molecule has 1 unspecified atom stereocenters. The van der Waals surface area contributed by atoms with E-state index >= 15 is 0 Å². The van der Waals surface area contributed by atoms with Crippen LogP contribution in [0.15, 0.2) is 17.7 Å². The third kappa shape index (κ3) is 3.28. The first-order valence-corrected chi connectivity index (χ1v) is 15.2. The number of fused-ring (bicyclic) bond motifs is 7. The van der Waals surface area contributed by atoms with E-state index in [1.165, 1.54) is 0 Å². The summed E-state index contributed by atoms with van der Waals surface area (Å²) in [6.07, 6.45) is 7.43. The highest BCUT2D eigenvalue weighted by molar-refractivity contribution is 7.87. The van der Waals surface area contributed by atoms with Gasteiger partial charge in [-0.05, 0) is 104 Å². The van der Waals surface area contributed by atoms with Crippen LogP contribution in [-0.2, 0) is 24.5 Å². The van der Waals surface area contributed by atoms with Gasteiger partial charge in [0.25, 0.3) is 10.1 Å². The Morgan fingerprint density at radius 2 is 1.63 bits per heavy atom. The predicted octanol–water partition coefficient (Wildman–Crippen LogP) is 6.12. The average Bonchev–Trinajstić information content (AvgIpc) is 2.85. The van der Waals surface area contributed by atoms with E-state index in [-0.39, 0.29) is 33.7 Å². The molecule has 0 radical (unpaired) electrons. The normalized spacial score (nSPS) is 42.2. The van der Waals surface area contributed by atoms with Crippen LogP contribution in [0.4, 0.5) is 0 Å². The Labute approximate surface area is 226 Å². The summed E-state index contributed by atoms with van der Waals surface area (Å²) in [6, 6.07) is 1.55. The Morgan fingerprint density at radius 1 is 1.00 bits per heavy atom. The molecule has 0 heterocycles. The summed E-state index contributed by atoms with van der Waals surface area (Å²) in [5, 5.41) is 30.3. The summed E-state index contributed by atoms with van der Waals surface area (Å²) < 4.78 is 31.7. The van der Waals surface area contributed by atoms with Crippen molar-refractivity contribution in [2.75, 3.05) is 7.11 Å². The van der Waals surface area contributed by atoms with Crippen molar-refractivity contribution in [3.05, 3.63) is 34.4 Å². The lowest BCUT2D eigenvalue weighted by molar-refractivity contribution is -0.177. The molecule has 0 bridgehead atoms. The molecule has 5 rings (SSSR count). The number of hydrogen-bond donors (Lipinski definition) is 3. The predicted molar refractivity (Wildman–Crippen MR) is 144 cm³/mol. The maximum atomic E-state index is 13.4. The molecule has 8 heteroatoms. The van der Waals surface area contributed by atoms with Gasteiger partial charge < -0.3 is 15.3 Å². The van der Waals surface area contributed by atoms with Gasteiger partial charge in [0.2, 0.25) is 0 Å². The topological polar surface area (TPSA) is 121 Å². The molecule has 1 aromatic rings. The van der Waals surface area contributed by atoms with Crippen LogP contribution in [-0.4, -0.2) is 36.8 Å². The second kappa shape index (κ2) is 8.00. The number of carboxylic acid groups (broad SMARTS) is 1. The number of aromatic hydroxyl groups is 2. The number of carboxylic acids is 1. The van der Waals surface area contributed by atoms with Gasteiger partial charge in [0.1, 0.15) is 5.25 Å². The number of benzene rings is 1. The van der Waals surface area contributed by atoms with Gasteiger partial charge in [-0.25, -0.2) is 0 Å². The van der Waals surface area contributed by atoms with Gasteiger partial charge in [0, 0.05) is 5.41 Å². The Hall–Kier alpha value is -2.06. The fraction of sp³-hybridized carbons (Fsp3) is 0.700. The number of phenolic OH excluding ortho intramolecular Hbond substituents is 2. The maximum Gasteiger partial charge on any atom is 0.309 e. The molecular weight excluding hydrogens is 504 g/mol. The molecule has 0 aliphatic heterocycles. The van der Waals surface area contributed by atoms with Crippen molar-refractivity contribution in [1.82, 2.24) is 0 Å². The number of rotatable bonds is 3. The van der Waals surface area contributed by atoms with Crippen molar-refractivity contribution in [2.45, 2.75) is 97.2 Å². The number of aliphatic carboxylic acids is 1. The van der Waals surface area contributed by atoms with Gasteiger partial charge in [0.15, 0.2) is 11.5 Å². The average molecular weight is 547 g/mol. The SMILES string of the molecule is COS(=O)(=O)C1C=C2[C@@](C)(CC[C@@]3(C)[C@@H]4C[C@](C)(C(=O)O)CC[C@]4(C)CC[C@]23C)c2cc(O)c(O)c(C)c21. The quantitative estimate of drug-likeness (QED) is 0.237. The van der Waals surface area contributed by atoms with Crippen molar-refractivity contribution in [2.24, 2.45) is 27.6 Å². The van der Waals surface area contributed by atoms with Crippen LogP contribution in [0.2, 0.25) is 0 Å². The van der Waals surface area contributed by atoms with Gasteiger partial charge in [-0.15, -0.1) is 0 Å². The van der Waals surface area contributed by atoms with Crippen LogP contribution in [0.3, 0.4) is 0 Å². The minimum atomic E-state index is -4.06. The van der Waals surface area contributed by atoms with E-state index in [4.69, 9.17) is 4.18 Å². The van der Waals surface area contributed by atoms with E-state index < -0.39 is 32.2 Å². The standard InChI is InChI=1S/C30H42O7S/c1-17-23-18(14-19(31)24(17)32)28(4)11-13-30(6)22-16-27(3,25(33)34)9-8-26(22,2)10-12-29(30,5)21(28)15-20(23)38(35,36)37-7/h14-15,20,22,31-32H,8-13,16H2,1-7H3,(H,33,34)/t20?,22-,26-,27-,28+,29-,30+/m1/s1. The minimum absolute atomic E-state index is 0.0305.